The molecular formula is C16H16N4O. The number of aromatic nitrogens is 2. The second-order valence-corrected chi connectivity index (χ2v) is 4.98. The van der Waals surface area contributed by atoms with Gasteiger partial charge in [0.15, 0.2) is 0 Å². The number of hydrogen-bond acceptors (Lipinski definition) is 5. The van der Waals surface area contributed by atoms with E-state index < -0.39 is 0 Å². The minimum atomic E-state index is -0.0460. The zero-order valence-corrected chi connectivity index (χ0v) is 11.6. The number of nitriles is 1. The lowest BCUT2D eigenvalue weighted by atomic mass is 9.96. The van der Waals surface area contributed by atoms with Gasteiger partial charge in [0.05, 0.1) is 11.6 Å². The number of nitrogens with zero attached hydrogens (tertiary/aromatic N) is 3. The summed E-state index contributed by atoms with van der Waals surface area (Å²) >= 11 is 0. The van der Waals surface area contributed by atoms with Crippen LogP contribution in [0.2, 0.25) is 0 Å². The Bertz CT molecular complexity index is 638. The number of ether oxygens (including phenoxy) is 1. The predicted octanol–water partition coefficient (Wildman–Crippen LogP) is 2.68. The van der Waals surface area contributed by atoms with Gasteiger partial charge < -0.3 is 10.1 Å². The molecule has 2 aromatic heterocycles. The minimum absolute atomic E-state index is 0.0460. The van der Waals surface area contributed by atoms with E-state index in [1.54, 1.807) is 30.7 Å². The van der Waals surface area contributed by atoms with Gasteiger partial charge in [0.1, 0.15) is 18.0 Å². The first-order valence-corrected chi connectivity index (χ1v) is 7.01. The van der Waals surface area contributed by atoms with E-state index in [9.17, 15) is 0 Å². The average Bonchev–Trinajstić information content (AvgIpc) is 2.57. The summed E-state index contributed by atoms with van der Waals surface area (Å²) in [6, 6.07) is 9.73. The third-order valence-electron chi connectivity index (χ3n) is 3.61. The van der Waals surface area contributed by atoms with Gasteiger partial charge in [0.2, 0.25) is 0 Å². The fourth-order valence-corrected chi connectivity index (χ4v) is 2.60. The van der Waals surface area contributed by atoms with Crippen LogP contribution in [-0.4, -0.2) is 22.6 Å². The normalized spacial score (nSPS) is 21.5. The van der Waals surface area contributed by atoms with Gasteiger partial charge in [0.25, 0.3) is 0 Å². The molecule has 1 N–H and O–H groups in total. The van der Waals surface area contributed by atoms with E-state index in [0.717, 1.165) is 25.0 Å². The molecule has 3 rings (SSSR count). The Labute approximate surface area is 123 Å². The Morgan fingerprint density at radius 1 is 1.24 bits per heavy atom. The van der Waals surface area contributed by atoms with Crippen LogP contribution >= 0.6 is 0 Å². The van der Waals surface area contributed by atoms with Crippen molar-refractivity contribution in [2.24, 2.45) is 0 Å². The molecule has 0 aliphatic carbocycles. The first-order valence-electron chi connectivity index (χ1n) is 7.01. The third kappa shape index (κ3) is 3.01. The number of nitrogens with one attached hydrogen (secondary N) is 1. The first kappa shape index (κ1) is 13.5. The summed E-state index contributed by atoms with van der Waals surface area (Å²) < 4.78 is 5.92. The van der Waals surface area contributed by atoms with Crippen molar-refractivity contribution < 1.29 is 4.74 Å². The van der Waals surface area contributed by atoms with E-state index in [1.807, 2.05) is 12.1 Å². The largest absolute Gasteiger partial charge is 0.371 e. The molecule has 0 spiro atoms. The lowest BCUT2D eigenvalue weighted by molar-refractivity contribution is 0.00551. The maximum absolute atomic E-state index is 9.16. The Hall–Kier alpha value is -2.45. The summed E-state index contributed by atoms with van der Waals surface area (Å²) in [6.45, 7) is 0.749. The second kappa shape index (κ2) is 6.33. The fourth-order valence-electron chi connectivity index (χ4n) is 2.60. The molecule has 0 amide bonds. The Kier molecular flexibility index (Phi) is 4.08. The van der Waals surface area contributed by atoms with Gasteiger partial charge in [-0.2, -0.15) is 5.26 Å². The van der Waals surface area contributed by atoms with Crippen molar-refractivity contribution in [3.63, 3.8) is 0 Å². The number of rotatable bonds is 3. The molecule has 0 radical (unpaired) electrons. The number of hydrogen-bond donors (Lipinski definition) is 1. The van der Waals surface area contributed by atoms with Crippen LogP contribution in [0.25, 0.3) is 0 Å². The van der Waals surface area contributed by atoms with Gasteiger partial charge in [-0.1, -0.05) is 0 Å². The van der Waals surface area contributed by atoms with Crippen LogP contribution < -0.4 is 5.32 Å². The van der Waals surface area contributed by atoms with Crippen molar-refractivity contribution in [1.82, 2.24) is 9.97 Å². The summed E-state index contributed by atoms with van der Waals surface area (Å²) in [5.74, 6) is 0.620. The SMILES string of the molecule is N#Cc1cccnc1N[C@H]1CCCO[C@@H]1c1ccncc1. The Balaban J connectivity index is 1.84. The fraction of sp³-hybridized carbons (Fsp3) is 0.312. The van der Waals surface area contributed by atoms with Crippen LogP contribution in [-0.2, 0) is 4.74 Å². The van der Waals surface area contributed by atoms with Crippen LogP contribution in [0.15, 0.2) is 42.9 Å². The average molecular weight is 280 g/mol. The molecule has 1 saturated heterocycles. The van der Waals surface area contributed by atoms with Crippen LogP contribution in [0, 0.1) is 11.3 Å². The monoisotopic (exact) mass is 280 g/mol. The molecule has 21 heavy (non-hydrogen) atoms. The predicted molar refractivity (Wildman–Crippen MR) is 78.5 cm³/mol. The van der Waals surface area contributed by atoms with Crippen LogP contribution in [0.3, 0.4) is 0 Å². The molecule has 1 fully saturated rings. The zero-order valence-electron chi connectivity index (χ0n) is 11.6. The molecule has 1 aliphatic rings. The van der Waals surface area contributed by atoms with Crippen LogP contribution in [0.5, 0.6) is 0 Å². The molecule has 2 aromatic rings. The molecule has 5 nitrogen and oxygen atoms in total. The highest BCUT2D eigenvalue weighted by Crippen LogP contribution is 2.30. The topological polar surface area (TPSA) is 70.8 Å². The van der Waals surface area contributed by atoms with Gasteiger partial charge in [-0.25, -0.2) is 4.98 Å². The minimum Gasteiger partial charge on any atom is -0.371 e. The molecule has 0 saturated carbocycles. The van der Waals surface area contributed by atoms with E-state index in [2.05, 4.69) is 21.4 Å². The van der Waals surface area contributed by atoms with Crippen molar-refractivity contribution >= 4 is 5.82 Å². The van der Waals surface area contributed by atoms with E-state index in [4.69, 9.17) is 10.00 Å². The summed E-state index contributed by atoms with van der Waals surface area (Å²) in [5, 5.41) is 12.5. The molecule has 5 heteroatoms. The summed E-state index contributed by atoms with van der Waals surface area (Å²) in [6.07, 6.45) is 7.16. The molecule has 0 aromatic carbocycles. The van der Waals surface area contributed by atoms with Crippen LogP contribution in [0.1, 0.15) is 30.1 Å². The van der Waals surface area contributed by atoms with E-state index in [1.165, 1.54) is 0 Å². The molecule has 2 atom stereocenters. The molecule has 3 heterocycles. The Morgan fingerprint density at radius 3 is 2.90 bits per heavy atom. The third-order valence-corrected chi connectivity index (χ3v) is 3.61. The summed E-state index contributed by atoms with van der Waals surface area (Å²) in [5.41, 5.74) is 1.65. The molecular weight excluding hydrogens is 264 g/mol. The lowest BCUT2D eigenvalue weighted by Gasteiger charge is -2.33. The van der Waals surface area contributed by atoms with Crippen molar-refractivity contribution in [2.45, 2.75) is 25.0 Å². The van der Waals surface area contributed by atoms with Crippen molar-refractivity contribution in [3.05, 3.63) is 54.0 Å². The maximum Gasteiger partial charge on any atom is 0.144 e. The quantitative estimate of drug-likeness (QED) is 0.936. The molecule has 1 aliphatic heterocycles. The molecule has 106 valence electrons. The smallest absolute Gasteiger partial charge is 0.144 e. The summed E-state index contributed by atoms with van der Waals surface area (Å²) in [4.78, 5) is 8.32. The van der Waals surface area contributed by atoms with Gasteiger partial charge in [-0.3, -0.25) is 4.98 Å². The van der Waals surface area contributed by atoms with Crippen molar-refractivity contribution in [2.75, 3.05) is 11.9 Å². The highest BCUT2D eigenvalue weighted by atomic mass is 16.5. The first-order chi connectivity index (χ1) is 10.4. The highest BCUT2D eigenvalue weighted by Gasteiger charge is 2.28. The van der Waals surface area contributed by atoms with Crippen molar-refractivity contribution in [3.8, 4) is 6.07 Å². The van der Waals surface area contributed by atoms with Crippen LogP contribution in [0.4, 0.5) is 5.82 Å². The highest BCUT2D eigenvalue weighted by molar-refractivity contribution is 5.52. The molecule has 0 unspecified atom stereocenters. The van der Waals surface area contributed by atoms with E-state index in [-0.39, 0.29) is 12.1 Å². The van der Waals surface area contributed by atoms with Crippen molar-refractivity contribution in [1.29, 1.82) is 5.26 Å². The van der Waals surface area contributed by atoms with Gasteiger partial charge in [-0.05, 0) is 42.7 Å². The van der Waals surface area contributed by atoms with Gasteiger partial charge in [0, 0.05) is 25.2 Å². The number of pyridine rings is 2. The van der Waals surface area contributed by atoms with Gasteiger partial charge in [-0.15, -0.1) is 0 Å². The number of anilines is 1. The second-order valence-electron chi connectivity index (χ2n) is 4.98. The standard InChI is InChI=1S/C16H16N4O/c17-11-13-3-1-7-19-16(13)20-14-4-2-10-21-15(14)12-5-8-18-9-6-12/h1,3,5-9,14-15H,2,4,10H2,(H,19,20)/t14-,15+/m0/s1. The maximum atomic E-state index is 9.16. The zero-order chi connectivity index (χ0) is 14.5. The Morgan fingerprint density at radius 2 is 2.10 bits per heavy atom. The summed E-state index contributed by atoms with van der Waals surface area (Å²) in [7, 11) is 0. The van der Waals surface area contributed by atoms with E-state index >= 15 is 0 Å². The van der Waals surface area contributed by atoms with E-state index in [0.29, 0.717) is 11.4 Å². The molecule has 0 bridgehead atoms. The van der Waals surface area contributed by atoms with Gasteiger partial charge >= 0.3 is 0 Å². The lowest BCUT2D eigenvalue weighted by Crippen LogP contribution is -2.34.